The number of rotatable bonds is 9. The van der Waals surface area contributed by atoms with E-state index in [0.717, 1.165) is 26.2 Å². The number of hydrogen-bond acceptors (Lipinski definition) is 4. The lowest BCUT2D eigenvalue weighted by molar-refractivity contribution is 0.291. The van der Waals surface area contributed by atoms with Crippen LogP contribution in [-0.4, -0.2) is 31.2 Å². The van der Waals surface area contributed by atoms with Gasteiger partial charge in [0.15, 0.2) is 0 Å². The fourth-order valence-corrected chi connectivity index (χ4v) is 4.11. The van der Waals surface area contributed by atoms with Crippen LogP contribution in [0.5, 0.6) is 0 Å². The first-order chi connectivity index (χ1) is 14.6. The van der Waals surface area contributed by atoms with Crippen LogP contribution in [-0.2, 0) is 0 Å². The van der Waals surface area contributed by atoms with Crippen molar-refractivity contribution in [3.8, 4) is 0 Å². The highest BCUT2D eigenvalue weighted by molar-refractivity contribution is 5.56. The molecule has 2 aromatic rings. The Morgan fingerprint density at radius 2 is 1.30 bits per heavy atom. The van der Waals surface area contributed by atoms with E-state index in [2.05, 4.69) is 122 Å². The first-order valence-corrected chi connectivity index (χ1v) is 11.2. The average Bonchev–Trinajstić information content (AvgIpc) is 3.15. The number of nitrogens with zero attached hydrogens (tertiary/aromatic N) is 3. The topological polar surface area (TPSA) is 21.8 Å². The molecule has 4 nitrogen and oxygen atoms in total. The molecule has 0 saturated carbocycles. The summed E-state index contributed by atoms with van der Waals surface area (Å²) in [7, 11) is 0. The van der Waals surface area contributed by atoms with E-state index in [1.54, 1.807) is 0 Å². The highest BCUT2D eigenvalue weighted by Gasteiger charge is 2.24. The lowest BCUT2D eigenvalue weighted by Gasteiger charge is -2.26. The molecule has 3 rings (SSSR count). The van der Waals surface area contributed by atoms with Crippen LogP contribution in [0.2, 0.25) is 0 Å². The zero-order valence-corrected chi connectivity index (χ0v) is 19.1. The third-order valence-corrected chi connectivity index (χ3v) is 5.94. The summed E-state index contributed by atoms with van der Waals surface area (Å²) in [5, 5.41) is 2.18. The van der Waals surface area contributed by atoms with Gasteiger partial charge in [-0.1, -0.05) is 24.3 Å². The molecule has 1 aliphatic heterocycles. The summed E-state index contributed by atoms with van der Waals surface area (Å²) in [5.41, 5.74) is 9.77. The number of nitrogens with one attached hydrogen (secondary N) is 1. The van der Waals surface area contributed by atoms with Gasteiger partial charge in [0.25, 0.3) is 0 Å². The molecule has 0 bridgehead atoms. The predicted molar refractivity (Wildman–Crippen MR) is 131 cm³/mol. The Hall–Kier alpha value is -2.88. The maximum Gasteiger partial charge on any atom is 0.0971 e. The van der Waals surface area contributed by atoms with Crippen LogP contribution in [0.3, 0.4) is 0 Å². The number of benzene rings is 2. The van der Waals surface area contributed by atoms with Gasteiger partial charge in [-0.05, 0) is 81.7 Å². The van der Waals surface area contributed by atoms with Crippen LogP contribution >= 0.6 is 0 Å². The van der Waals surface area contributed by atoms with Crippen molar-refractivity contribution in [1.29, 1.82) is 0 Å². The van der Waals surface area contributed by atoms with Crippen molar-refractivity contribution in [2.45, 2.75) is 40.7 Å². The van der Waals surface area contributed by atoms with Crippen molar-refractivity contribution >= 4 is 17.5 Å². The molecule has 0 aliphatic carbocycles. The lowest BCUT2D eigenvalue weighted by atomic mass is 10.0. The van der Waals surface area contributed by atoms with Crippen molar-refractivity contribution < 1.29 is 0 Å². The van der Waals surface area contributed by atoms with Gasteiger partial charge in [0.2, 0.25) is 0 Å². The van der Waals surface area contributed by atoms with Crippen molar-refractivity contribution in [2.24, 2.45) is 0 Å². The lowest BCUT2D eigenvalue weighted by Crippen LogP contribution is -2.27. The molecule has 1 heterocycles. The normalized spacial score (nSPS) is 16.0. The molecule has 30 heavy (non-hydrogen) atoms. The van der Waals surface area contributed by atoms with Gasteiger partial charge < -0.3 is 15.2 Å². The average molecular weight is 405 g/mol. The Bertz CT molecular complexity index is 844. The first-order valence-electron chi connectivity index (χ1n) is 11.2. The third kappa shape index (κ3) is 4.81. The van der Waals surface area contributed by atoms with Crippen molar-refractivity contribution in [3.05, 3.63) is 77.6 Å². The fraction of sp³-hybridized carbons (Fsp3) is 0.385. The van der Waals surface area contributed by atoms with Crippen LogP contribution < -0.4 is 15.2 Å². The SMILES string of the molecule is CCN(CC)c1ccc(C=CN2NC=C(C)C2c2ccc(N(CC)CC)cc2)cc1. The Morgan fingerprint density at radius 1 is 0.800 bits per heavy atom. The monoisotopic (exact) mass is 404 g/mol. The summed E-state index contributed by atoms with van der Waals surface area (Å²) in [6.45, 7) is 15.1. The van der Waals surface area contributed by atoms with Gasteiger partial charge in [-0.25, -0.2) is 0 Å². The third-order valence-electron chi connectivity index (χ3n) is 5.94. The van der Waals surface area contributed by atoms with Crippen molar-refractivity contribution in [1.82, 2.24) is 10.4 Å². The second-order valence-corrected chi connectivity index (χ2v) is 7.67. The van der Waals surface area contributed by atoms with Gasteiger partial charge in [0.05, 0.1) is 6.04 Å². The summed E-state index contributed by atoms with van der Waals surface area (Å²) in [6, 6.07) is 18.0. The van der Waals surface area contributed by atoms with Gasteiger partial charge in [-0.2, -0.15) is 0 Å². The minimum Gasteiger partial charge on any atom is -0.372 e. The molecule has 1 atom stereocenters. The maximum atomic E-state index is 3.40. The van der Waals surface area contributed by atoms with Gasteiger partial charge in [-0.3, -0.25) is 5.01 Å². The minimum atomic E-state index is 0.210. The number of hydrogen-bond donors (Lipinski definition) is 1. The zero-order chi connectivity index (χ0) is 21.5. The predicted octanol–water partition coefficient (Wildman–Crippen LogP) is 5.82. The highest BCUT2D eigenvalue weighted by atomic mass is 15.5. The molecule has 0 spiro atoms. The van der Waals surface area contributed by atoms with Gasteiger partial charge in [0, 0.05) is 50.0 Å². The summed E-state index contributed by atoms with van der Waals surface area (Å²) >= 11 is 0. The van der Waals surface area contributed by atoms with E-state index in [4.69, 9.17) is 0 Å². The first kappa shape index (κ1) is 21.8. The molecule has 0 saturated heterocycles. The van der Waals surface area contributed by atoms with Gasteiger partial charge in [-0.15, -0.1) is 0 Å². The van der Waals surface area contributed by atoms with E-state index in [1.807, 2.05) is 0 Å². The van der Waals surface area contributed by atoms with Gasteiger partial charge >= 0.3 is 0 Å². The molecule has 2 aromatic carbocycles. The Labute approximate surface area is 182 Å². The number of hydrazine groups is 1. The molecule has 0 fully saturated rings. The molecular formula is C26H36N4. The second kappa shape index (κ2) is 10.2. The van der Waals surface area contributed by atoms with E-state index in [9.17, 15) is 0 Å². The smallest absolute Gasteiger partial charge is 0.0971 e. The molecular weight excluding hydrogens is 368 g/mol. The molecule has 1 aliphatic rings. The Balaban J connectivity index is 1.73. The molecule has 1 N–H and O–H groups in total. The molecule has 160 valence electrons. The van der Waals surface area contributed by atoms with E-state index in [-0.39, 0.29) is 6.04 Å². The number of anilines is 2. The van der Waals surface area contributed by atoms with E-state index >= 15 is 0 Å². The zero-order valence-electron chi connectivity index (χ0n) is 19.1. The maximum absolute atomic E-state index is 3.40. The quantitative estimate of drug-likeness (QED) is 0.569. The van der Waals surface area contributed by atoms with Crippen LogP contribution in [0.15, 0.2) is 66.5 Å². The van der Waals surface area contributed by atoms with Crippen molar-refractivity contribution in [2.75, 3.05) is 36.0 Å². The summed E-state index contributed by atoms with van der Waals surface area (Å²) in [4.78, 5) is 4.74. The van der Waals surface area contributed by atoms with Crippen LogP contribution in [0.1, 0.15) is 51.8 Å². The summed E-state index contributed by atoms with van der Waals surface area (Å²) in [5.74, 6) is 0. The molecule has 0 amide bonds. The Morgan fingerprint density at radius 3 is 1.80 bits per heavy atom. The van der Waals surface area contributed by atoms with Crippen molar-refractivity contribution in [3.63, 3.8) is 0 Å². The minimum absolute atomic E-state index is 0.210. The fourth-order valence-electron chi connectivity index (χ4n) is 4.11. The largest absolute Gasteiger partial charge is 0.372 e. The summed E-state index contributed by atoms with van der Waals surface area (Å²) < 4.78 is 0. The second-order valence-electron chi connectivity index (χ2n) is 7.67. The standard InChI is InChI=1S/C26H36N4/c1-6-28(7-2)24-14-10-22(11-15-24)18-19-30-26(21(5)20-27-30)23-12-16-25(17-13-23)29(8-3)9-4/h10-20,26-27H,6-9H2,1-5H3. The molecule has 0 aromatic heterocycles. The molecule has 0 radical (unpaired) electrons. The van der Waals surface area contributed by atoms with Gasteiger partial charge in [0.1, 0.15) is 0 Å². The van der Waals surface area contributed by atoms with Crippen LogP contribution in [0.25, 0.3) is 6.08 Å². The van der Waals surface area contributed by atoms with E-state index in [1.165, 1.54) is 28.1 Å². The van der Waals surface area contributed by atoms with E-state index in [0.29, 0.717) is 0 Å². The van der Waals surface area contributed by atoms with Crippen LogP contribution in [0, 0.1) is 0 Å². The van der Waals surface area contributed by atoms with Crippen LogP contribution in [0.4, 0.5) is 11.4 Å². The Kier molecular flexibility index (Phi) is 7.45. The molecule has 4 heteroatoms. The summed E-state index contributed by atoms with van der Waals surface area (Å²) in [6.07, 6.45) is 6.40. The highest BCUT2D eigenvalue weighted by Crippen LogP contribution is 2.32. The van der Waals surface area contributed by atoms with E-state index < -0.39 is 0 Å². The molecule has 1 unspecified atom stereocenters.